The van der Waals surface area contributed by atoms with E-state index in [0.717, 1.165) is 17.7 Å². The highest BCUT2D eigenvalue weighted by Crippen LogP contribution is 2.28. The first kappa shape index (κ1) is 18.4. The van der Waals surface area contributed by atoms with Crippen molar-refractivity contribution in [2.24, 2.45) is 0 Å². The minimum Gasteiger partial charge on any atom is -0.492 e. The number of rotatable bonds is 6. The summed E-state index contributed by atoms with van der Waals surface area (Å²) in [5.74, 6) is 0.812. The van der Waals surface area contributed by atoms with Crippen molar-refractivity contribution in [1.29, 1.82) is 0 Å². The Morgan fingerprint density at radius 3 is 2.50 bits per heavy atom. The molecular weight excluding hydrogens is 330 g/mol. The van der Waals surface area contributed by atoms with E-state index in [0.29, 0.717) is 32.8 Å². The van der Waals surface area contributed by atoms with Gasteiger partial charge in [0, 0.05) is 39.0 Å². The van der Waals surface area contributed by atoms with Gasteiger partial charge >= 0.3 is 6.03 Å². The minimum absolute atomic E-state index is 0.0412. The number of amides is 2. The van der Waals surface area contributed by atoms with Gasteiger partial charge in [0.05, 0.1) is 18.0 Å². The highest BCUT2D eigenvalue weighted by molar-refractivity contribution is 7.90. The molecule has 2 amide bonds. The number of para-hydroxylation sites is 2. The van der Waals surface area contributed by atoms with E-state index in [1.54, 1.807) is 4.90 Å². The quantitative estimate of drug-likeness (QED) is 0.822. The number of nitrogens with zero attached hydrogens (tertiary/aromatic N) is 2. The summed E-state index contributed by atoms with van der Waals surface area (Å²) in [7, 11) is -3.06. The summed E-state index contributed by atoms with van der Waals surface area (Å²) in [6.45, 7) is 5.31. The molecule has 0 atom stereocenters. The molecule has 1 aromatic rings. The van der Waals surface area contributed by atoms with E-state index >= 15 is 0 Å². The average molecular weight is 355 g/mol. The van der Waals surface area contributed by atoms with Crippen LogP contribution in [0.25, 0.3) is 0 Å². The maximum atomic E-state index is 12.1. The first-order valence-corrected chi connectivity index (χ1v) is 10.1. The van der Waals surface area contributed by atoms with Crippen LogP contribution in [0, 0.1) is 0 Å². The SMILES string of the molecule is CCOc1ccccc1N1CCN(C(=O)NCCS(C)(=O)=O)CC1. The number of carbonyl (C=O) groups excluding carboxylic acids is 1. The molecule has 1 aliphatic rings. The second kappa shape index (κ2) is 8.23. The molecule has 0 bridgehead atoms. The maximum absolute atomic E-state index is 12.1. The Kier molecular flexibility index (Phi) is 6.30. The standard InChI is InChI=1S/C16H25N3O4S/c1-3-23-15-7-5-4-6-14(15)18-9-11-19(12-10-18)16(20)17-8-13-24(2,21)22/h4-7H,3,8-13H2,1-2H3,(H,17,20). The predicted molar refractivity (Wildman–Crippen MR) is 94.5 cm³/mol. The molecule has 1 heterocycles. The molecule has 1 N–H and O–H groups in total. The van der Waals surface area contributed by atoms with Gasteiger partial charge in [0.2, 0.25) is 0 Å². The van der Waals surface area contributed by atoms with Crippen molar-refractivity contribution < 1.29 is 17.9 Å². The van der Waals surface area contributed by atoms with Gasteiger partial charge in [0.25, 0.3) is 0 Å². The van der Waals surface area contributed by atoms with Crippen molar-refractivity contribution in [3.8, 4) is 5.75 Å². The first-order chi connectivity index (χ1) is 11.4. The van der Waals surface area contributed by atoms with Crippen LogP contribution in [0.5, 0.6) is 5.75 Å². The Labute approximate surface area is 143 Å². The Hall–Kier alpha value is -1.96. The van der Waals surface area contributed by atoms with Gasteiger partial charge in [-0.2, -0.15) is 0 Å². The lowest BCUT2D eigenvalue weighted by Gasteiger charge is -2.36. The Morgan fingerprint density at radius 1 is 1.21 bits per heavy atom. The van der Waals surface area contributed by atoms with Crippen molar-refractivity contribution in [1.82, 2.24) is 10.2 Å². The fourth-order valence-corrected chi connectivity index (χ4v) is 3.07. The largest absolute Gasteiger partial charge is 0.492 e. The molecule has 0 spiro atoms. The lowest BCUT2D eigenvalue weighted by atomic mass is 10.2. The number of hydrogen-bond donors (Lipinski definition) is 1. The molecule has 1 aliphatic heterocycles. The van der Waals surface area contributed by atoms with Gasteiger partial charge in [-0.3, -0.25) is 0 Å². The smallest absolute Gasteiger partial charge is 0.317 e. The molecule has 0 aromatic heterocycles. The highest BCUT2D eigenvalue weighted by Gasteiger charge is 2.22. The van der Waals surface area contributed by atoms with Crippen LogP contribution in [0.3, 0.4) is 0 Å². The number of urea groups is 1. The van der Waals surface area contributed by atoms with Crippen LogP contribution in [0.2, 0.25) is 0 Å². The van der Waals surface area contributed by atoms with Gasteiger partial charge < -0.3 is 19.9 Å². The second-order valence-electron chi connectivity index (χ2n) is 5.74. The molecule has 1 aromatic carbocycles. The van der Waals surface area contributed by atoms with E-state index in [9.17, 15) is 13.2 Å². The lowest BCUT2D eigenvalue weighted by Crippen LogP contribution is -2.52. The van der Waals surface area contributed by atoms with Crippen LogP contribution in [0.15, 0.2) is 24.3 Å². The third-order valence-electron chi connectivity index (χ3n) is 3.82. The van der Waals surface area contributed by atoms with Crippen molar-refractivity contribution in [2.45, 2.75) is 6.92 Å². The van der Waals surface area contributed by atoms with Gasteiger partial charge in [0.15, 0.2) is 0 Å². The lowest BCUT2D eigenvalue weighted by molar-refractivity contribution is 0.195. The van der Waals surface area contributed by atoms with E-state index < -0.39 is 9.84 Å². The summed E-state index contributed by atoms with van der Waals surface area (Å²) in [5, 5.41) is 2.66. The topological polar surface area (TPSA) is 79.0 Å². The Morgan fingerprint density at radius 2 is 1.88 bits per heavy atom. The maximum Gasteiger partial charge on any atom is 0.317 e. The third-order valence-corrected chi connectivity index (χ3v) is 4.77. The van der Waals surface area contributed by atoms with Crippen molar-refractivity contribution in [2.75, 3.05) is 56.2 Å². The number of ether oxygens (including phenoxy) is 1. The summed E-state index contributed by atoms with van der Waals surface area (Å²) in [6, 6.07) is 7.68. The van der Waals surface area contributed by atoms with Gasteiger partial charge in [-0.25, -0.2) is 13.2 Å². The van der Waals surface area contributed by atoms with Crippen LogP contribution in [-0.2, 0) is 9.84 Å². The molecule has 0 radical (unpaired) electrons. The molecular formula is C16H25N3O4S. The summed E-state index contributed by atoms with van der Waals surface area (Å²) < 4.78 is 27.8. The van der Waals surface area contributed by atoms with Gasteiger partial charge in [-0.15, -0.1) is 0 Å². The fourth-order valence-electron chi connectivity index (χ4n) is 2.60. The number of hydrogen-bond acceptors (Lipinski definition) is 5. The predicted octanol–water partition coefficient (Wildman–Crippen LogP) is 0.962. The zero-order valence-corrected chi connectivity index (χ0v) is 15.0. The molecule has 0 aliphatic carbocycles. The molecule has 1 fully saturated rings. The number of nitrogens with one attached hydrogen (secondary N) is 1. The van der Waals surface area contributed by atoms with Crippen molar-refractivity contribution in [3.05, 3.63) is 24.3 Å². The Balaban J connectivity index is 1.86. The van der Waals surface area contributed by atoms with E-state index in [1.165, 1.54) is 0 Å². The average Bonchev–Trinajstić information content (AvgIpc) is 2.54. The summed E-state index contributed by atoms with van der Waals surface area (Å²) in [5.41, 5.74) is 1.04. The monoisotopic (exact) mass is 355 g/mol. The second-order valence-corrected chi connectivity index (χ2v) is 8.00. The fraction of sp³-hybridized carbons (Fsp3) is 0.562. The van der Waals surface area contributed by atoms with Crippen molar-refractivity contribution in [3.63, 3.8) is 0 Å². The van der Waals surface area contributed by atoms with Crippen LogP contribution < -0.4 is 15.0 Å². The van der Waals surface area contributed by atoms with E-state index in [1.807, 2.05) is 31.2 Å². The molecule has 7 nitrogen and oxygen atoms in total. The number of benzene rings is 1. The van der Waals surface area contributed by atoms with Gasteiger partial charge in [0.1, 0.15) is 15.6 Å². The van der Waals surface area contributed by atoms with E-state index in [2.05, 4.69) is 10.2 Å². The summed E-state index contributed by atoms with van der Waals surface area (Å²) in [4.78, 5) is 16.0. The molecule has 0 unspecified atom stereocenters. The number of sulfone groups is 1. The normalized spacial score (nSPS) is 15.2. The highest BCUT2D eigenvalue weighted by atomic mass is 32.2. The van der Waals surface area contributed by atoms with Gasteiger partial charge in [-0.1, -0.05) is 12.1 Å². The van der Waals surface area contributed by atoms with Crippen LogP contribution in [-0.4, -0.2) is 70.7 Å². The summed E-state index contributed by atoms with van der Waals surface area (Å²) >= 11 is 0. The van der Waals surface area contributed by atoms with Crippen molar-refractivity contribution >= 4 is 21.6 Å². The molecule has 24 heavy (non-hydrogen) atoms. The molecule has 0 saturated carbocycles. The molecule has 1 saturated heterocycles. The zero-order chi connectivity index (χ0) is 17.6. The van der Waals surface area contributed by atoms with Crippen LogP contribution in [0.4, 0.5) is 10.5 Å². The third kappa shape index (κ3) is 5.30. The van der Waals surface area contributed by atoms with Gasteiger partial charge in [-0.05, 0) is 19.1 Å². The van der Waals surface area contributed by atoms with E-state index in [4.69, 9.17) is 4.74 Å². The Bertz CT molecular complexity index is 655. The summed E-state index contributed by atoms with van der Waals surface area (Å²) in [6.07, 6.45) is 1.16. The van der Waals surface area contributed by atoms with Crippen LogP contribution in [0.1, 0.15) is 6.92 Å². The van der Waals surface area contributed by atoms with E-state index in [-0.39, 0.29) is 18.3 Å². The minimum atomic E-state index is -3.06. The first-order valence-electron chi connectivity index (χ1n) is 8.08. The zero-order valence-electron chi connectivity index (χ0n) is 14.2. The molecule has 8 heteroatoms. The molecule has 2 rings (SSSR count). The van der Waals surface area contributed by atoms with Crippen LogP contribution >= 0.6 is 0 Å². The number of anilines is 1. The number of piperazine rings is 1. The number of carbonyl (C=O) groups is 1. The molecule has 134 valence electrons.